The number of fused-ring (bicyclic) bond motifs is 1. The highest BCUT2D eigenvalue weighted by Crippen LogP contribution is 2.27. The lowest BCUT2D eigenvalue weighted by molar-refractivity contribution is -0.119. The van der Waals surface area contributed by atoms with Crippen LogP contribution in [0.15, 0.2) is 47.1 Å². The van der Waals surface area contributed by atoms with E-state index in [-0.39, 0.29) is 11.8 Å². The van der Waals surface area contributed by atoms with E-state index in [1.54, 1.807) is 12.1 Å². The molecule has 142 valence electrons. The second-order valence-corrected chi connectivity index (χ2v) is 7.14. The van der Waals surface area contributed by atoms with Crippen molar-refractivity contribution in [2.45, 2.75) is 19.3 Å². The Balaban J connectivity index is 1.27. The number of furan rings is 1. The molecular weight excluding hydrogens is 342 g/mol. The van der Waals surface area contributed by atoms with Crippen molar-refractivity contribution in [2.75, 3.05) is 44.2 Å². The van der Waals surface area contributed by atoms with Gasteiger partial charge in [-0.1, -0.05) is 18.2 Å². The van der Waals surface area contributed by atoms with Crippen LogP contribution in [0.2, 0.25) is 0 Å². The highest BCUT2D eigenvalue weighted by atomic mass is 16.3. The molecule has 2 aliphatic rings. The van der Waals surface area contributed by atoms with E-state index in [4.69, 9.17) is 4.42 Å². The first-order valence-corrected chi connectivity index (χ1v) is 9.66. The number of amides is 2. The normalized spacial score (nSPS) is 17.6. The van der Waals surface area contributed by atoms with Gasteiger partial charge in [0.05, 0.1) is 6.26 Å². The van der Waals surface area contributed by atoms with Crippen LogP contribution >= 0.6 is 0 Å². The second-order valence-electron chi connectivity index (χ2n) is 7.14. The molecule has 2 amide bonds. The molecule has 1 aromatic carbocycles. The topological polar surface area (TPSA) is 57.0 Å². The number of benzene rings is 1. The minimum absolute atomic E-state index is 0.0550. The number of aryl methyl sites for hydroxylation is 1. The lowest BCUT2D eigenvalue weighted by Gasteiger charge is -2.35. The maximum absolute atomic E-state index is 12.8. The Morgan fingerprint density at radius 3 is 2.56 bits per heavy atom. The number of hydrogen-bond donors (Lipinski definition) is 0. The summed E-state index contributed by atoms with van der Waals surface area (Å²) in [6.45, 7) is 4.45. The SMILES string of the molecule is O=C(c1ccco1)N1CCN(CCC(=O)N2CCCc3ccccc32)CC1. The molecule has 27 heavy (non-hydrogen) atoms. The van der Waals surface area contributed by atoms with Gasteiger partial charge in [0.25, 0.3) is 5.91 Å². The van der Waals surface area contributed by atoms with Gasteiger partial charge < -0.3 is 14.2 Å². The molecule has 6 heteroatoms. The van der Waals surface area contributed by atoms with Gasteiger partial charge in [0, 0.05) is 51.4 Å². The van der Waals surface area contributed by atoms with Crippen molar-refractivity contribution >= 4 is 17.5 Å². The first-order chi connectivity index (χ1) is 13.2. The number of carbonyl (C=O) groups excluding carboxylic acids is 2. The Morgan fingerprint density at radius 1 is 0.963 bits per heavy atom. The molecule has 0 spiro atoms. The summed E-state index contributed by atoms with van der Waals surface area (Å²) in [6, 6.07) is 11.6. The Hall–Kier alpha value is -2.60. The lowest BCUT2D eigenvalue weighted by Crippen LogP contribution is -2.49. The summed E-state index contributed by atoms with van der Waals surface area (Å²) in [4.78, 5) is 31.1. The minimum atomic E-state index is -0.0550. The molecule has 0 unspecified atom stereocenters. The summed E-state index contributed by atoms with van der Waals surface area (Å²) in [7, 11) is 0. The number of anilines is 1. The smallest absolute Gasteiger partial charge is 0.289 e. The van der Waals surface area contributed by atoms with E-state index in [2.05, 4.69) is 11.0 Å². The summed E-state index contributed by atoms with van der Waals surface area (Å²) in [5.41, 5.74) is 2.34. The Morgan fingerprint density at radius 2 is 1.78 bits per heavy atom. The van der Waals surface area contributed by atoms with Crippen LogP contribution in [0, 0.1) is 0 Å². The average molecular weight is 367 g/mol. The molecule has 6 nitrogen and oxygen atoms in total. The van der Waals surface area contributed by atoms with Crippen molar-refractivity contribution in [3.05, 3.63) is 54.0 Å². The van der Waals surface area contributed by atoms with Gasteiger partial charge in [-0.15, -0.1) is 0 Å². The largest absolute Gasteiger partial charge is 0.459 e. The standard InChI is InChI=1S/C21H25N3O3/c25-20(24-10-3-6-17-5-1-2-7-18(17)24)9-11-22-12-14-23(15-13-22)21(26)19-8-4-16-27-19/h1-2,4-5,7-8,16H,3,6,9-15H2. The first kappa shape index (κ1) is 17.8. The minimum Gasteiger partial charge on any atom is -0.459 e. The molecule has 1 fully saturated rings. The van der Waals surface area contributed by atoms with E-state index < -0.39 is 0 Å². The Kier molecular flexibility index (Phi) is 5.25. The number of piperazine rings is 1. The monoisotopic (exact) mass is 367 g/mol. The molecule has 0 radical (unpaired) electrons. The fourth-order valence-electron chi connectivity index (χ4n) is 3.91. The summed E-state index contributed by atoms with van der Waals surface area (Å²) >= 11 is 0. The van der Waals surface area contributed by atoms with E-state index in [0.29, 0.717) is 25.3 Å². The summed E-state index contributed by atoms with van der Waals surface area (Å²) < 4.78 is 5.20. The van der Waals surface area contributed by atoms with E-state index >= 15 is 0 Å². The van der Waals surface area contributed by atoms with Gasteiger partial charge in [-0.3, -0.25) is 14.5 Å². The molecule has 1 saturated heterocycles. The van der Waals surface area contributed by atoms with Crippen molar-refractivity contribution in [1.29, 1.82) is 0 Å². The second kappa shape index (κ2) is 7.96. The third kappa shape index (κ3) is 3.90. The van der Waals surface area contributed by atoms with Crippen molar-refractivity contribution < 1.29 is 14.0 Å². The van der Waals surface area contributed by atoms with Gasteiger partial charge in [-0.2, -0.15) is 0 Å². The van der Waals surface area contributed by atoms with Crippen LogP contribution < -0.4 is 4.90 Å². The Bertz CT molecular complexity index is 795. The maximum atomic E-state index is 12.8. The summed E-state index contributed by atoms with van der Waals surface area (Å²) in [5.74, 6) is 0.527. The van der Waals surface area contributed by atoms with Crippen LogP contribution in [0.25, 0.3) is 0 Å². The van der Waals surface area contributed by atoms with E-state index in [1.807, 2.05) is 28.0 Å². The molecule has 1 aromatic heterocycles. The fraction of sp³-hybridized carbons (Fsp3) is 0.429. The van der Waals surface area contributed by atoms with Crippen LogP contribution in [0.3, 0.4) is 0 Å². The van der Waals surface area contributed by atoms with Crippen molar-refractivity contribution in [3.8, 4) is 0 Å². The zero-order chi connectivity index (χ0) is 18.6. The van der Waals surface area contributed by atoms with Gasteiger partial charge in [0.15, 0.2) is 5.76 Å². The van der Waals surface area contributed by atoms with Crippen molar-refractivity contribution in [2.24, 2.45) is 0 Å². The predicted molar refractivity (Wildman–Crippen MR) is 103 cm³/mol. The third-order valence-electron chi connectivity index (χ3n) is 5.44. The summed E-state index contributed by atoms with van der Waals surface area (Å²) in [5, 5.41) is 0. The van der Waals surface area contributed by atoms with Gasteiger partial charge >= 0.3 is 0 Å². The molecule has 2 aliphatic heterocycles. The van der Waals surface area contributed by atoms with Crippen molar-refractivity contribution in [1.82, 2.24) is 9.80 Å². The van der Waals surface area contributed by atoms with Gasteiger partial charge in [-0.05, 0) is 36.6 Å². The molecule has 4 rings (SSSR count). The number of carbonyl (C=O) groups is 2. The predicted octanol–water partition coefficient (Wildman–Crippen LogP) is 2.41. The number of hydrogen-bond acceptors (Lipinski definition) is 4. The van der Waals surface area contributed by atoms with Gasteiger partial charge in [0.1, 0.15) is 0 Å². The van der Waals surface area contributed by atoms with Crippen LogP contribution in [0.1, 0.15) is 29.0 Å². The molecule has 0 N–H and O–H groups in total. The van der Waals surface area contributed by atoms with Crippen LogP contribution in [0.5, 0.6) is 0 Å². The fourth-order valence-corrected chi connectivity index (χ4v) is 3.91. The molecule has 0 bridgehead atoms. The number of nitrogens with zero attached hydrogens (tertiary/aromatic N) is 3. The molecular formula is C21H25N3O3. The quantitative estimate of drug-likeness (QED) is 0.833. The molecule has 3 heterocycles. The molecule has 0 atom stereocenters. The maximum Gasteiger partial charge on any atom is 0.289 e. The van der Waals surface area contributed by atoms with Crippen LogP contribution in [-0.4, -0.2) is 60.9 Å². The molecule has 2 aromatic rings. The number of rotatable bonds is 4. The van der Waals surface area contributed by atoms with Gasteiger partial charge in [-0.25, -0.2) is 0 Å². The molecule has 0 aliphatic carbocycles. The highest BCUT2D eigenvalue weighted by molar-refractivity contribution is 5.94. The summed E-state index contributed by atoms with van der Waals surface area (Å²) in [6.07, 6.45) is 4.11. The van der Waals surface area contributed by atoms with Crippen LogP contribution in [-0.2, 0) is 11.2 Å². The van der Waals surface area contributed by atoms with Gasteiger partial charge in [0.2, 0.25) is 5.91 Å². The Labute approximate surface area is 159 Å². The average Bonchev–Trinajstić information content (AvgIpc) is 3.26. The van der Waals surface area contributed by atoms with E-state index in [9.17, 15) is 9.59 Å². The number of para-hydroxylation sites is 1. The highest BCUT2D eigenvalue weighted by Gasteiger charge is 2.25. The van der Waals surface area contributed by atoms with E-state index in [1.165, 1.54) is 11.8 Å². The third-order valence-corrected chi connectivity index (χ3v) is 5.44. The van der Waals surface area contributed by atoms with Crippen LogP contribution in [0.4, 0.5) is 5.69 Å². The first-order valence-electron chi connectivity index (χ1n) is 9.66. The zero-order valence-electron chi connectivity index (χ0n) is 15.5. The van der Waals surface area contributed by atoms with Crippen molar-refractivity contribution in [3.63, 3.8) is 0 Å². The lowest BCUT2D eigenvalue weighted by atomic mass is 10.0. The molecule has 0 saturated carbocycles. The zero-order valence-corrected chi connectivity index (χ0v) is 15.5. The van der Waals surface area contributed by atoms with E-state index in [0.717, 1.165) is 44.7 Å².